The van der Waals surface area contributed by atoms with Crippen molar-refractivity contribution in [2.75, 3.05) is 5.73 Å². The Labute approximate surface area is 116 Å². The second-order valence-electron chi connectivity index (χ2n) is 3.71. The Morgan fingerprint density at radius 2 is 1.95 bits per heavy atom. The Morgan fingerprint density at radius 1 is 1.26 bits per heavy atom. The molecule has 0 aliphatic heterocycles. The lowest BCUT2D eigenvalue weighted by atomic mass is 10.1. The fourth-order valence-electron chi connectivity index (χ4n) is 1.47. The summed E-state index contributed by atoms with van der Waals surface area (Å²) >= 11 is 3.28. The summed E-state index contributed by atoms with van der Waals surface area (Å²) in [7, 11) is 0. The van der Waals surface area contributed by atoms with Gasteiger partial charge in [-0.2, -0.15) is 0 Å². The minimum atomic E-state index is -1.38. The molecule has 0 aliphatic rings. The monoisotopic (exact) mass is 325 g/mol. The van der Waals surface area contributed by atoms with Crippen LogP contribution in [0.5, 0.6) is 11.5 Å². The molecule has 0 aliphatic carbocycles. The van der Waals surface area contributed by atoms with Crippen LogP contribution in [0.4, 0.5) is 10.1 Å². The van der Waals surface area contributed by atoms with Crippen LogP contribution in [0, 0.1) is 5.82 Å². The molecule has 4 nitrogen and oxygen atoms in total. The quantitative estimate of drug-likeness (QED) is 0.844. The van der Waals surface area contributed by atoms with E-state index < -0.39 is 17.3 Å². The van der Waals surface area contributed by atoms with Crippen molar-refractivity contribution in [3.05, 3.63) is 52.3 Å². The predicted molar refractivity (Wildman–Crippen MR) is 72.0 cm³/mol. The van der Waals surface area contributed by atoms with Crippen LogP contribution in [-0.2, 0) is 0 Å². The summed E-state index contributed by atoms with van der Waals surface area (Å²) in [6, 6.07) is 8.97. The van der Waals surface area contributed by atoms with E-state index in [0.29, 0.717) is 10.2 Å². The number of anilines is 1. The fourth-order valence-corrected chi connectivity index (χ4v) is 1.84. The van der Waals surface area contributed by atoms with Crippen LogP contribution in [0.15, 0.2) is 40.9 Å². The van der Waals surface area contributed by atoms with Crippen LogP contribution in [0.1, 0.15) is 10.4 Å². The molecule has 19 heavy (non-hydrogen) atoms. The molecule has 0 heterocycles. The second kappa shape index (κ2) is 5.27. The van der Waals surface area contributed by atoms with E-state index in [0.717, 1.165) is 12.1 Å². The number of rotatable bonds is 3. The van der Waals surface area contributed by atoms with Crippen LogP contribution in [0.2, 0.25) is 0 Å². The van der Waals surface area contributed by atoms with Gasteiger partial charge in [-0.1, -0.05) is 12.1 Å². The van der Waals surface area contributed by atoms with Gasteiger partial charge in [0.1, 0.15) is 11.6 Å². The molecule has 0 unspecified atom stereocenters. The summed E-state index contributed by atoms with van der Waals surface area (Å²) in [6.07, 6.45) is 0. The standard InChI is InChI=1S/C13H9BrFNO3/c14-8-3-1-2-4-11(8)19-12-6-9(15)7(13(17)18)5-10(12)16/h1-6H,16H2,(H,17,18). The third-order valence-electron chi connectivity index (χ3n) is 2.39. The zero-order valence-corrected chi connectivity index (χ0v) is 11.1. The topological polar surface area (TPSA) is 72.6 Å². The van der Waals surface area contributed by atoms with Gasteiger partial charge >= 0.3 is 5.97 Å². The van der Waals surface area contributed by atoms with Crippen LogP contribution in [0.25, 0.3) is 0 Å². The Hall–Kier alpha value is -2.08. The van der Waals surface area contributed by atoms with Gasteiger partial charge in [0.15, 0.2) is 5.75 Å². The summed E-state index contributed by atoms with van der Waals surface area (Å²) in [4.78, 5) is 10.8. The number of carboxylic acids is 1. The lowest BCUT2D eigenvalue weighted by molar-refractivity contribution is 0.0692. The highest BCUT2D eigenvalue weighted by Crippen LogP contribution is 2.33. The second-order valence-corrected chi connectivity index (χ2v) is 4.56. The smallest absolute Gasteiger partial charge is 0.338 e. The van der Waals surface area contributed by atoms with E-state index in [1.54, 1.807) is 24.3 Å². The molecule has 0 atom stereocenters. The molecule has 0 radical (unpaired) electrons. The van der Waals surface area contributed by atoms with Gasteiger partial charge in [0.2, 0.25) is 0 Å². The number of ether oxygens (including phenoxy) is 1. The number of carboxylic acid groups (broad SMARTS) is 1. The molecule has 98 valence electrons. The van der Waals surface area contributed by atoms with E-state index in [-0.39, 0.29) is 11.4 Å². The number of benzene rings is 2. The largest absolute Gasteiger partial charge is 0.478 e. The summed E-state index contributed by atoms with van der Waals surface area (Å²) in [5, 5.41) is 8.77. The van der Waals surface area contributed by atoms with Gasteiger partial charge in [-0.15, -0.1) is 0 Å². The molecule has 2 aromatic rings. The minimum absolute atomic E-state index is 0.0505. The third-order valence-corrected chi connectivity index (χ3v) is 3.04. The molecule has 0 fully saturated rings. The first-order valence-corrected chi connectivity index (χ1v) is 6.03. The van der Waals surface area contributed by atoms with E-state index in [4.69, 9.17) is 15.6 Å². The van der Waals surface area contributed by atoms with E-state index in [1.807, 2.05) is 0 Å². The highest BCUT2D eigenvalue weighted by molar-refractivity contribution is 9.10. The number of nitrogen functional groups attached to an aromatic ring is 1. The van der Waals surface area contributed by atoms with Crippen molar-refractivity contribution in [3.8, 4) is 11.5 Å². The molecule has 0 saturated heterocycles. The molecule has 0 aromatic heterocycles. The zero-order valence-electron chi connectivity index (χ0n) is 9.56. The van der Waals surface area contributed by atoms with Crippen LogP contribution >= 0.6 is 15.9 Å². The van der Waals surface area contributed by atoms with Crippen molar-refractivity contribution in [2.45, 2.75) is 0 Å². The average Bonchev–Trinajstić information content (AvgIpc) is 2.35. The molecule has 0 amide bonds. The number of hydrogen-bond acceptors (Lipinski definition) is 3. The Kier molecular flexibility index (Phi) is 3.71. The highest BCUT2D eigenvalue weighted by atomic mass is 79.9. The van der Waals surface area contributed by atoms with Crippen LogP contribution in [0.3, 0.4) is 0 Å². The van der Waals surface area contributed by atoms with Gasteiger partial charge in [0.25, 0.3) is 0 Å². The molecular formula is C13H9BrFNO3. The number of halogens is 2. The Bertz CT molecular complexity index is 646. The van der Waals surface area contributed by atoms with Gasteiger partial charge in [0, 0.05) is 6.07 Å². The minimum Gasteiger partial charge on any atom is -0.478 e. The molecule has 2 aromatic carbocycles. The maximum absolute atomic E-state index is 13.6. The van der Waals surface area contributed by atoms with Gasteiger partial charge in [0.05, 0.1) is 15.7 Å². The van der Waals surface area contributed by atoms with E-state index >= 15 is 0 Å². The number of para-hydroxylation sites is 1. The number of hydrogen-bond donors (Lipinski definition) is 2. The SMILES string of the molecule is Nc1cc(C(=O)O)c(F)cc1Oc1ccccc1Br. The first-order chi connectivity index (χ1) is 8.99. The van der Waals surface area contributed by atoms with Gasteiger partial charge in [-0.3, -0.25) is 0 Å². The molecule has 0 spiro atoms. The lowest BCUT2D eigenvalue weighted by Gasteiger charge is -2.11. The fraction of sp³-hybridized carbons (Fsp3) is 0. The van der Waals surface area contributed by atoms with Crippen molar-refractivity contribution in [2.24, 2.45) is 0 Å². The van der Waals surface area contributed by atoms with Crippen molar-refractivity contribution >= 4 is 27.6 Å². The number of carbonyl (C=O) groups is 1. The van der Waals surface area contributed by atoms with Crippen molar-refractivity contribution < 1.29 is 19.0 Å². The Balaban J connectivity index is 2.39. The van der Waals surface area contributed by atoms with Gasteiger partial charge < -0.3 is 15.6 Å². The van der Waals surface area contributed by atoms with Crippen molar-refractivity contribution in [1.82, 2.24) is 0 Å². The van der Waals surface area contributed by atoms with Crippen molar-refractivity contribution in [1.29, 1.82) is 0 Å². The normalized spacial score (nSPS) is 10.2. The summed E-state index contributed by atoms with van der Waals surface area (Å²) < 4.78 is 19.7. The van der Waals surface area contributed by atoms with Gasteiger partial charge in [-0.25, -0.2) is 9.18 Å². The Morgan fingerprint density at radius 3 is 2.58 bits per heavy atom. The third kappa shape index (κ3) is 2.85. The van der Waals surface area contributed by atoms with E-state index in [2.05, 4.69) is 15.9 Å². The summed E-state index contributed by atoms with van der Waals surface area (Å²) in [6.45, 7) is 0. The van der Waals surface area contributed by atoms with Gasteiger partial charge in [-0.05, 0) is 34.1 Å². The van der Waals surface area contributed by atoms with E-state index in [1.165, 1.54) is 0 Å². The van der Waals surface area contributed by atoms with Crippen LogP contribution in [-0.4, -0.2) is 11.1 Å². The molecule has 3 N–H and O–H groups in total. The molecule has 0 bridgehead atoms. The maximum atomic E-state index is 13.6. The zero-order chi connectivity index (χ0) is 14.0. The molecule has 0 saturated carbocycles. The molecule has 6 heteroatoms. The highest BCUT2D eigenvalue weighted by Gasteiger charge is 2.15. The maximum Gasteiger partial charge on any atom is 0.338 e. The average molecular weight is 326 g/mol. The number of aromatic carboxylic acids is 1. The van der Waals surface area contributed by atoms with E-state index in [9.17, 15) is 9.18 Å². The lowest BCUT2D eigenvalue weighted by Crippen LogP contribution is -2.03. The first-order valence-electron chi connectivity index (χ1n) is 5.23. The summed E-state index contributed by atoms with van der Waals surface area (Å²) in [5.74, 6) is -1.76. The molecule has 2 rings (SSSR count). The summed E-state index contributed by atoms with van der Waals surface area (Å²) in [5.41, 5.74) is 5.22. The first kappa shape index (κ1) is 13.4. The van der Waals surface area contributed by atoms with Crippen LogP contribution < -0.4 is 10.5 Å². The predicted octanol–water partition coefficient (Wildman–Crippen LogP) is 3.66. The number of nitrogens with two attached hydrogens (primary N) is 1. The van der Waals surface area contributed by atoms with Crippen molar-refractivity contribution in [3.63, 3.8) is 0 Å². The molecular weight excluding hydrogens is 317 g/mol.